The molecule has 0 spiro atoms. The van der Waals surface area contributed by atoms with Crippen molar-refractivity contribution in [3.8, 4) is 23.0 Å². The zero-order valence-corrected chi connectivity index (χ0v) is 18.6. The maximum Gasteiger partial charge on any atom is 0.322 e. The Morgan fingerprint density at radius 3 is 2.31 bits per heavy atom. The molecule has 1 aromatic heterocycles. The lowest BCUT2D eigenvalue weighted by molar-refractivity contribution is 0.181. The van der Waals surface area contributed by atoms with E-state index in [-0.39, 0.29) is 12.1 Å². The minimum Gasteiger partial charge on any atom is -0.497 e. The molecule has 168 valence electrons. The minimum absolute atomic E-state index is 0.204. The van der Waals surface area contributed by atoms with Gasteiger partial charge in [0.05, 0.1) is 34.5 Å². The molecule has 0 saturated heterocycles. The van der Waals surface area contributed by atoms with Crippen molar-refractivity contribution in [3.05, 3.63) is 66.0 Å². The number of urea groups is 1. The number of amides is 2. The molecule has 0 unspecified atom stereocenters. The Morgan fingerprint density at radius 2 is 1.66 bits per heavy atom. The molecule has 2 amide bonds. The standard InChI is InChI=1S/C24H27N3O5/c1-29-18-8-5-7-17(15-18)25-24(28)27-12-11-26-10-6-9-19(26)22(27)16-13-20(30-2)23(32-4)21(14-16)31-3/h5-10,13-15,22H,11-12H2,1-4H3,(H,25,28)/t22-/m0/s1. The van der Waals surface area contributed by atoms with Gasteiger partial charge >= 0.3 is 6.03 Å². The summed E-state index contributed by atoms with van der Waals surface area (Å²) in [5.41, 5.74) is 2.53. The van der Waals surface area contributed by atoms with Crippen LogP contribution in [0.5, 0.6) is 23.0 Å². The summed E-state index contributed by atoms with van der Waals surface area (Å²) in [6, 6.07) is 14.6. The normalized spacial score (nSPS) is 15.0. The van der Waals surface area contributed by atoms with Gasteiger partial charge in [-0.15, -0.1) is 0 Å². The average molecular weight is 437 g/mol. The highest BCUT2D eigenvalue weighted by molar-refractivity contribution is 5.90. The van der Waals surface area contributed by atoms with Crippen LogP contribution in [-0.4, -0.2) is 50.5 Å². The number of aromatic nitrogens is 1. The third kappa shape index (κ3) is 3.91. The lowest BCUT2D eigenvalue weighted by Crippen LogP contribution is -2.44. The Labute approximate surface area is 187 Å². The number of hydrogen-bond acceptors (Lipinski definition) is 5. The highest BCUT2D eigenvalue weighted by Crippen LogP contribution is 2.43. The SMILES string of the molecule is COc1cccc(NC(=O)N2CCn3cccc3[C@@H]2c2cc(OC)c(OC)c(OC)c2)c1. The predicted octanol–water partition coefficient (Wildman–Crippen LogP) is 4.16. The maximum atomic E-state index is 13.4. The van der Waals surface area contributed by atoms with Crippen molar-refractivity contribution in [1.82, 2.24) is 9.47 Å². The number of ether oxygens (including phenoxy) is 4. The van der Waals surface area contributed by atoms with Crippen LogP contribution >= 0.6 is 0 Å². The van der Waals surface area contributed by atoms with E-state index in [0.717, 1.165) is 11.3 Å². The number of nitrogens with zero attached hydrogens (tertiary/aromatic N) is 2. The zero-order chi connectivity index (χ0) is 22.7. The number of anilines is 1. The molecular weight excluding hydrogens is 410 g/mol. The van der Waals surface area contributed by atoms with Crippen LogP contribution in [0.15, 0.2) is 54.7 Å². The van der Waals surface area contributed by atoms with Gasteiger partial charge in [0.25, 0.3) is 0 Å². The smallest absolute Gasteiger partial charge is 0.322 e. The number of carbonyl (C=O) groups is 1. The van der Waals surface area contributed by atoms with Crippen LogP contribution in [0.25, 0.3) is 0 Å². The molecule has 1 aliphatic heterocycles. The average Bonchev–Trinajstić information content (AvgIpc) is 3.31. The Hall–Kier alpha value is -3.81. The number of carbonyl (C=O) groups excluding carboxylic acids is 1. The van der Waals surface area contributed by atoms with E-state index in [1.165, 1.54) is 0 Å². The zero-order valence-electron chi connectivity index (χ0n) is 18.6. The van der Waals surface area contributed by atoms with Crippen molar-refractivity contribution in [1.29, 1.82) is 0 Å². The maximum absolute atomic E-state index is 13.4. The fraction of sp³-hybridized carbons (Fsp3) is 0.292. The molecular formula is C24H27N3O5. The van der Waals surface area contributed by atoms with Crippen LogP contribution < -0.4 is 24.3 Å². The van der Waals surface area contributed by atoms with Gasteiger partial charge < -0.3 is 33.7 Å². The molecule has 3 aromatic rings. The van der Waals surface area contributed by atoms with Crippen LogP contribution in [0.4, 0.5) is 10.5 Å². The van der Waals surface area contributed by atoms with Gasteiger partial charge in [0.2, 0.25) is 5.75 Å². The monoisotopic (exact) mass is 437 g/mol. The van der Waals surface area contributed by atoms with Gasteiger partial charge in [-0.05, 0) is 42.0 Å². The number of nitrogens with one attached hydrogen (secondary N) is 1. The lowest BCUT2D eigenvalue weighted by atomic mass is 9.99. The molecule has 0 saturated carbocycles. The lowest BCUT2D eigenvalue weighted by Gasteiger charge is -2.37. The van der Waals surface area contributed by atoms with Gasteiger partial charge in [-0.25, -0.2) is 4.79 Å². The first-order valence-corrected chi connectivity index (χ1v) is 10.3. The molecule has 1 aliphatic rings. The molecule has 4 rings (SSSR count). The van der Waals surface area contributed by atoms with E-state index < -0.39 is 0 Å². The summed E-state index contributed by atoms with van der Waals surface area (Å²) in [6.07, 6.45) is 2.03. The largest absolute Gasteiger partial charge is 0.497 e. The van der Waals surface area contributed by atoms with E-state index in [1.54, 1.807) is 34.5 Å². The van der Waals surface area contributed by atoms with E-state index in [4.69, 9.17) is 18.9 Å². The number of hydrogen-bond donors (Lipinski definition) is 1. The molecule has 1 N–H and O–H groups in total. The molecule has 8 nitrogen and oxygen atoms in total. The summed E-state index contributed by atoms with van der Waals surface area (Å²) in [5, 5.41) is 3.00. The van der Waals surface area contributed by atoms with Gasteiger partial charge in [-0.2, -0.15) is 0 Å². The fourth-order valence-corrected chi connectivity index (χ4v) is 4.11. The first-order chi connectivity index (χ1) is 15.6. The Kier molecular flexibility index (Phi) is 6.11. The molecule has 32 heavy (non-hydrogen) atoms. The molecule has 0 aliphatic carbocycles. The van der Waals surface area contributed by atoms with Crippen LogP contribution in [0.2, 0.25) is 0 Å². The second kappa shape index (κ2) is 9.13. The Morgan fingerprint density at radius 1 is 0.906 bits per heavy atom. The van der Waals surface area contributed by atoms with E-state index in [9.17, 15) is 4.79 Å². The highest BCUT2D eigenvalue weighted by atomic mass is 16.5. The number of rotatable bonds is 6. The molecule has 0 bridgehead atoms. The number of methoxy groups -OCH3 is 4. The third-order valence-electron chi connectivity index (χ3n) is 5.62. The van der Waals surface area contributed by atoms with Crippen LogP contribution in [-0.2, 0) is 6.54 Å². The van der Waals surface area contributed by atoms with Crippen molar-refractivity contribution in [2.45, 2.75) is 12.6 Å². The second-order valence-corrected chi connectivity index (χ2v) is 7.34. The van der Waals surface area contributed by atoms with Gasteiger partial charge in [0, 0.05) is 36.7 Å². The highest BCUT2D eigenvalue weighted by Gasteiger charge is 2.33. The third-order valence-corrected chi connectivity index (χ3v) is 5.62. The van der Waals surface area contributed by atoms with Gasteiger partial charge in [0.1, 0.15) is 5.75 Å². The van der Waals surface area contributed by atoms with E-state index >= 15 is 0 Å². The molecule has 0 radical (unpaired) electrons. The Balaban J connectivity index is 1.74. The van der Waals surface area contributed by atoms with Crippen molar-refractivity contribution < 1.29 is 23.7 Å². The van der Waals surface area contributed by atoms with Crippen LogP contribution in [0.3, 0.4) is 0 Å². The van der Waals surface area contributed by atoms with E-state index in [0.29, 0.717) is 41.8 Å². The van der Waals surface area contributed by atoms with Crippen LogP contribution in [0.1, 0.15) is 17.3 Å². The first kappa shape index (κ1) is 21.4. The fourth-order valence-electron chi connectivity index (χ4n) is 4.11. The predicted molar refractivity (Wildman–Crippen MR) is 121 cm³/mol. The summed E-state index contributed by atoms with van der Waals surface area (Å²) in [5.74, 6) is 2.27. The van der Waals surface area contributed by atoms with Gasteiger partial charge in [-0.1, -0.05) is 6.07 Å². The van der Waals surface area contributed by atoms with Crippen molar-refractivity contribution >= 4 is 11.7 Å². The number of fused-ring (bicyclic) bond motifs is 1. The Bertz CT molecular complexity index is 1090. The van der Waals surface area contributed by atoms with Crippen molar-refractivity contribution in [2.75, 3.05) is 40.3 Å². The quantitative estimate of drug-likeness (QED) is 0.627. The molecule has 2 aromatic carbocycles. The molecule has 2 heterocycles. The van der Waals surface area contributed by atoms with Gasteiger partial charge in [0.15, 0.2) is 11.5 Å². The van der Waals surface area contributed by atoms with Gasteiger partial charge in [-0.3, -0.25) is 0 Å². The van der Waals surface area contributed by atoms with E-state index in [1.807, 2.05) is 53.6 Å². The van der Waals surface area contributed by atoms with E-state index in [2.05, 4.69) is 9.88 Å². The number of benzene rings is 2. The second-order valence-electron chi connectivity index (χ2n) is 7.34. The topological polar surface area (TPSA) is 74.2 Å². The summed E-state index contributed by atoms with van der Waals surface area (Å²) in [4.78, 5) is 15.2. The molecule has 8 heteroatoms. The summed E-state index contributed by atoms with van der Waals surface area (Å²) < 4.78 is 24.0. The summed E-state index contributed by atoms with van der Waals surface area (Å²) >= 11 is 0. The minimum atomic E-state index is -0.335. The molecule has 0 fully saturated rings. The first-order valence-electron chi connectivity index (χ1n) is 10.3. The summed E-state index contributed by atoms with van der Waals surface area (Å²) in [6.45, 7) is 1.24. The van der Waals surface area contributed by atoms with Crippen molar-refractivity contribution in [2.24, 2.45) is 0 Å². The summed E-state index contributed by atoms with van der Waals surface area (Å²) in [7, 11) is 6.33. The molecule has 1 atom stereocenters. The van der Waals surface area contributed by atoms with Crippen molar-refractivity contribution in [3.63, 3.8) is 0 Å². The van der Waals surface area contributed by atoms with Crippen LogP contribution in [0, 0.1) is 0 Å².